The molecule has 0 radical (unpaired) electrons. The summed E-state index contributed by atoms with van der Waals surface area (Å²) < 4.78 is 6.65. The zero-order chi connectivity index (χ0) is 15.1. The second-order valence-corrected chi connectivity index (χ2v) is 5.77. The van der Waals surface area contributed by atoms with Crippen LogP contribution in [0.3, 0.4) is 0 Å². The van der Waals surface area contributed by atoms with E-state index in [0.717, 1.165) is 23.2 Å². The van der Waals surface area contributed by atoms with E-state index < -0.39 is 0 Å². The number of nitrogens with one attached hydrogen (secondary N) is 1. The lowest BCUT2D eigenvalue weighted by molar-refractivity contribution is 0.340. The molecule has 0 bridgehead atoms. The van der Waals surface area contributed by atoms with Crippen molar-refractivity contribution in [3.05, 3.63) is 64.1 Å². The summed E-state index contributed by atoms with van der Waals surface area (Å²) >= 11 is 3.66. The largest absolute Gasteiger partial charge is 0.494 e. The molecule has 3 heteroatoms. The highest BCUT2D eigenvalue weighted by Crippen LogP contribution is 2.29. The summed E-state index contributed by atoms with van der Waals surface area (Å²) in [6.45, 7) is 5.86. The van der Waals surface area contributed by atoms with E-state index in [4.69, 9.17) is 4.74 Å². The van der Waals surface area contributed by atoms with Crippen molar-refractivity contribution in [1.29, 1.82) is 0 Å². The highest BCUT2D eigenvalue weighted by atomic mass is 79.9. The topological polar surface area (TPSA) is 21.3 Å². The lowest BCUT2D eigenvalue weighted by atomic mass is 9.98. The van der Waals surface area contributed by atoms with Gasteiger partial charge in [0, 0.05) is 4.47 Å². The van der Waals surface area contributed by atoms with Gasteiger partial charge in [-0.1, -0.05) is 53.2 Å². The van der Waals surface area contributed by atoms with Crippen molar-refractivity contribution >= 4 is 15.9 Å². The van der Waals surface area contributed by atoms with Gasteiger partial charge in [0.25, 0.3) is 0 Å². The number of halogens is 1. The summed E-state index contributed by atoms with van der Waals surface area (Å²) in [5.41, 5.74) is 2.51. The third-order valence-corrected chi connectivity index (χ3v) is 4.06. The van der Waals surface area contributed by atoms with E-state index in [-0.39, 0.29) is 6.04 Å². The van der Waals surface area contributed by atoms with Crippen LogP contribution in [0.5, 0.6) is 5.75 Å². The molecule has 0 saturated heterocycles. The maximum atomic E-state index is 5.52. The zero-order valence-electron chi connectivity index (χ0n) is 12.6. The first-order valence-corrected chi connectivity index (χ1v) is 8.26. The summed E-state index contributed by atoms with van der Waals surface area (Å²) in [4.78, 5) is 0. The lowest BCUT2D eigenvalue weighted by Crippen LogP contribution is -2.23. The predicted molar refractivity (Wildman–Crippen MR) is 91.9 cm³/mol. The molecular weight excluding hydrogens is 326 g/mol. The minimum Gasteiger partial charge on any atom is -0.494 e. The van der Waals surface area contributed by atoms with Gasteiger partial charge in [-0.05, 0) is 49.2 Å². The van der Waals surface area contributed by atoms with Crippen molar-refractivity contribution < 1.29 is 4.74 Å². The summed E-state index contributed by atoms with van der Waals surface area (Å²) in [5, 5.41) is 3.62. The molecule has 0 spiro atoms. The molecule has 0 fully saturated rings. The number of rotatable bonds is 7. The Morgan fingerprint density at radius 3 is 2.38 bits per heavy atom. The fraction of sp³-hybridized carbons (Fsp3) is 0.333. The SMILES string of the molecule is CCCNC(c1ccc(OCC)cc1)c1ccccc1Br. The Morgan fingerprint density at radius 2 is 1.76 bits per heavy atom. The Labute approximate surface area is 135 Å². The molecule has 2 nitrogen and oxygen atoms in total. The number of hydrogen-bond acceptors (Lipinski definition) is 2. The molecular formula is C18H22BrNO. The van der Waals surface area contributed by atoms with E-state index in [0.29, 0.717) is 6.61 Å². The standard InChI is InChI=1S/C18H22BrNO/c1-3-13-20-18(16-7-5-6-8-17(16)19)14-9-11-15(12-10-14)21-4-2/h5-12,18,20H,3-4,13H2,1-2H3. The van der Waals surface area contributed by atoms with Gasteiger partial charge in [0.15, 0.2) is 0 Å². The molecule has 1 atom stereocenters. The van der Waals surface area contributed by atoms with E-state index in [1.165, 1.54) is 11.1 Å². The molecule has 0 aromatic heterocycles. The fourth-order valence-electron chi connectivity index (χ4n) is 2.33. The quantitative estimate of drug-likeness (QED) is 0.765. The minimum atomic E-state index is 0.191. The van der Waals surface area contributed by atoms with Crippen molar-refractivity contribution in [2.24, 2.45) is 0 Å². The summed E-state index contributed by atoms with van der Waals surface area (Å²) in [5.74, 6) is 0.919. The van der Waals surface area contributed by atoms with Gasteiger partial charge in [0.05, 0.1) is 12.6 Å². The predicted octanol–water partition coefficient (Wildman–Crippen LogP) is 4.94. The van der Waals surface area contributed by atoms with Gasteiger partial charge in [-0.2, -0.15) is 0 Å². The lowest BCUT2D eigenvalue weighted by Gasteiger charge is -2.21. The Hall–Kier alpha value is -1.32. The first-order chi connectivity index (χ1) is 10.3. The van der Waals surface area contributed by atoms with Gasteiger partial charge in [-0.15, -0.1) is 0 Å². The maximum Gasteiger partial charge on any atom is 0.119 e. The van der Waals surface area contributed by atoms with E-state index in [1.807, 2.05) is 25.1 Å². The molecule has 1 unspecified atom stereocenters. The van der Waals surface area contributed by atoms with Crippen LogP contribution in [0.4, 0.5) is 0 Å². The smallest absolute Gasteiger partial charge is 0.119 e. The van der Waals surface area contributed by atoms with E-state index in [9.17, 15) is 0 Å². The van der Waals surface area contributed by atoms with Crippen LogP contribution in [0.1, 0.15) is 37.4 Å². The molecule has 1 N–H and O–H groups in total. The van der Waals surface area contributed by atoms with Crippen LogP contribution in [0.2, 0.25) is 0 Å². The third kappa shape index (κ3) is 4.32. The molecule has 0 saturated carbocycles. The monoisotopic (exact) mass is 347 g/mol. The molecule has 2 aromatic carbocycles. The number of benzene rings is 2. The Kier molecular flexibility index (Phi) is 6.27. The van der Waals surface area contributed by atoms with Crippen molar-refractivity contribution in [3.8, 4) is 5.75 Å². The summed E-state index contributed by atoms with van der Waals surface area (Å²) in [6.07, 6.45) is 1.11. The Balaban J connectivity index is 2.29. The van der Waals surface area contributed by atoms with Gasteiger partial charge in [-0.3, -0.25) is 0 Å². The van der Waals surface area contributed by atoms with Crippen molar-refractivity contribution in [3.63, 3.8) is 0 Å². The van der Waals surface area contributed by atoms with Gasteiger partial charge in [0.2, 0.25) is 0 Å². The Morgan fingerprint density at radius 1 is 1.05 bits per heavy atom. The highest BCUT2D eigenvalue weighted by molar-refractivity contribution is 9.10. The Bertz CT molecular complexity index is 553. The zero-order valence-corrected chi connectivity index (χ0v) is 14.2. The van der Waals surface area contributed by atoms with Crippen LogP contribution in [0, 0.1) is 0 Å². The van der Waals surface area contributed by atoms with Crippen LogP contribution in [0.15, 0.2) is 53.0 Å². The van der Waals surface area contributed by atoms with E-state index >= 15 is 0 Å². The fourth-order valence-corrected chi connectivity index (χ4v) is 2.84. The van der Waals surface area contributed by atoms with Crippen LogP contribution >= 0.6 is 15.9 Å². The first kappa shape index (κ1) is 16.1. The van der Waals surface area contributed by atoms with Crippen LogP contribution in [-0.2, 0) is 0 Å². The minimum absolute atomic E-state index is 0.191. The average molecular weight is 348 g/mol. The highest BCUT2D eigenvalue weighted by Gasteiger charge is 2.15. The second-order valence-electron chi connectivity index (χ2n) is 4.91. The maximum absolute atomic E-state index is 5.52. The summed E-state index contributed by atoms with van der Waals surface area (Å²) in [7, 11) is 0. The normalized spacial score (nSPS) is 12.1. The molecule has 0 aliphatic carbocycles. The molecule has 0 amide bonds. The van der Waals surface area contributed by atoms with E-state index in [1.54, 1.807) is 0 Å². The van der Waals surface area contributed by atoms with Gasteiger partial charge in [0.1, 0.15) is 5.75 Å². The third-order valence-electron chi connectivity index (χ3n) is 3.34. The van der Waals surface area contributed by atoms with Crippen molar-refractivity contribution in [2.75, 3.05) is 13.2 Å². The van der Waals surface area contributed by atoms with Gasteiger partial charge >= 0.3 is 0 Å². The van der Waals surface area contributed by atoms with Crippen molar-refractivity contribution in [1.82, 2.24) is 5.32 Å². The van der Waals surface area contributed by atoms with Crippen LogP contribution < -0.4 is 10.1 Å². The second kappa shape index (κ2) is 8.20. The molecule has 112 valence electrons. The van der Waals surface area contributed by atoms with Gasteiger partial charge in [-0.25, -0.2) is 0 Å². The van der Waals surface area contributed by atoms with Crippen LogP contribution in [0.25, 0.3) is 0 Å². The number of ether oxygens (including phenoxy) is 1. The van der Waals surface area contributed by atoms with E-state index in [2.05, 4.69) is 58.5 Å². The van der Waals surface area contributed by atoms with Gasteiger partial charge < -0.3 is 10.1 Å². The molecule has 0 aliphatic rings. The van der Waals surface area contributed by atoms with Crippen molar-refractivity contribution in [2.45, 2.75) is 26.3 Å². The number of hydrogen-bond donors (Lipinski definition) is 1. The molecule has 0 heterocycles. The van der Waals surface area contributed by atoms with Crippen LogP contribution in [-0.4, -0.2) is 13.2 Å². The molecule has 0 aliphatic heterocycles. The first-order valence-electron chi connectivity index (χ1n) is 7.46. The molecule has 21 heavy (non-hydrogen) atoms. The average Bonchev–Trinajstić information content (AvgIpc) is 2.51. The molecule has 2 rings (SSSR count). The molecule has 2 aromatic rings. The summed E-state index contributed by atoms with van der Waals surface area (Å²) in [6, 6.07) is 16.9.